The lowest BCUT2D eigenvalue weighted by atomic mass is 10.2. The Morgan fingerprint density at radius 2 is 2.00 bits per heavy atom. The Kier molecular flexibility index (Phi) is 3.63. The van der Waals surface area contributed by atoms with E-state index in [1.54, 1.807) is 0 Å². The molecule has 0 radical (unpaired) electrons. The van der Waals surface area contributed by atoms with Crippen LogP contribution < -0.4 is 9.47 Å². The van der Waals surface area contributed by atoms with Crippen molar-refractivity contribution in [1.29, 1.82) is 0 Å². The molecule has 0 spiro atoms. The molecule has 5 nitrogen and oxygen atoms in total. The molecule has 1 fully saturated rings. The predicted molar refractivity (Wildman–Crippen MR) is 82.9 cm³/mol. The van der Waals surface area contributed by atoms with Gasteiger partial charge >= 0.3 is 0 Å². The molecule has 2 atom stereocenters. The lowest BCUT2D eigenvalue weighted by molar-refractivity contribution is 0.0686. The Balaban J connectivity index is 1.40. The molecule has 0 saturated heterocycles. The lowest BCUT2D eigenvalue weighted by Gasteiger charge is -2.23. The van der Waals surface area contributed by atoms with Crippen molar-refractivity contribution >= 4 is 35.0 Å². The highest BCUT2D eigenvalue weighted by atomic mass is 35.5. The molecule has 2 aliphatic rings. The molecule has 0 bridgehead atoms. The second-order valence-corrected chi connectivity index (χ2v) is 7.76. The number of nitrogens with zero attached hydrogens (tertiary/aromatic N) is 2. The second-order valence-electron chi connectivity index (χ2n) is 5.24. The van der Waals surface area contributed by atoms with E-state index in [2.05, 4.69) is 10.2 Å². The van der Waals surface area contributed by atoms with Gasteiger partial charge in [-0.15, -0.1) is 33.4 Å². The van der Waals surface area contributed by atoms with Gasteiger partial charge in [0.25, 0.3) is 11.1 Å². The standard InChI is InChI=1S/C14H12Cl2N2O3S/c15-14(16)5-8(14)7-22-13-18-17-12(21-13)11-6-19-9-3-1-2-4-10(9)20-11/h1-4,8,11H,5-7H2/t8-,11+/m1/s1. The molecule has 0 N–H and O–H groups in total. The van der Waals surface area contributed by atoms with Crippen LogP contribution in [0.2, 0.25) is 0 Å². The zero-order chi connectivity index (χ0) is 15.2. The predicted octanol–water partition coefficient (Wildman–Crippen LogP) is 3.87. The summed E-state index contributed by atoms with van der Waals surface area (Å²) in [5.74, 6) is 2.85. The van der Waals surface area contributed by atoms with Crippen molar-refractivity contribution < 1.29 is 13.9 Å². The number of hydrogen-bond donors (Lipinski definition) is 0. The van der Waals surface area contributed by atoms with E-state index in [4.69, 9.17) is 37.1 Å². The van der Waals surface area contributed by atoms with Gasteiger partial charge in [0.1, 0.15) is 10.9 Å². The molecule has 22 heavy (non-hydrogen) atoms. The Hall–Kier alpha value is -1.11. The van der Waals surface area contributed by atoms with Gasteiger partial charge in [0.15, 0.2) is 11.5 Å². The smallest absolute Gasteiger partial charge is 0.276 e. The fourth-order valence-corrected chi connectivity index (χ4v) is 3.87. The Morgan fingerprint density at radius 1 is 1.23 bits per heavy atom. The maximum absolute atomic E-state index is 6.00. The topological polar surface area (TPSA) is 57.4 Å². The highest BCUT2D eigenvalue weighted by Gasteiger charge is 2.51. The van der Waals surface area contributed by atoms with E-state index in [9.17, 15) is 0 Å². The number of alkyl halides is 2. The van der Waals surface area contributed by atoms with Crippen LogP contribution in [0.4, 0.5) is 0 Å². The first kappa shape index (κ1) is 14.5. The first-order chi connectivity index (χ1) is 10.6. The van der Waals surface area contributed by atoms with Gasteiger partial charge in [-0.2, -0.15) is 0 Å². The maximum Gasteiger partial charge on any atom is 0.276 e. The largest absolute Gasteiger partial charge is 0.485 e. The number of rotatable bonds is 4. The summed E-state index contributed by atoms with van der Waals surface area (Å²) < 4.78 is 16.5. The van der Waals surface area contributed by atoms with Crippen LogP contribution in [0.3, 0.4) is 0 Å². The zero-order valence-corrected chi connectivity index (χ0v) is 13.7. The van der Waals surface area contributed by atoms with Gasteiger partial charge < -0.3 is 13.9 Å². The van der Waals surface area contributed by atoms with Crippen LogP contribution in [0.15, 0.2) is 33.9 Å². The lowest BCUT2D eigenvalue weighted by Crippen LogP contribution is -2.21. The third-order valence-electron chi connectivity index (χ3n) is 3.57. The highest BCUT2D eigenvalue weighted by molar-refractivity contribution is 7.99. The molecule has 2 aromatic rings. The van der Waals surface area contributed by atoms with Crippen LogP contribution in [0.25, 0.3) is 0 Å². The van der Waals surface area contributed by atoms with Gasteiger partial charge in [0.2, 0.25) is 6.10 Å². The van der Waals surface area contributed by atoms with Gasteiger partial charge in [-0.3, -0.25) is 0 Å². The van der Waals surface area contributed by atoms with Crippen molar-refractivity contribution in [2.45, 2.75) is 22.1 Å². The highest BCUT2D eigenvalue weighted by Crippen LogP contribution is 2.54. The first-order valence-corrected chi connectivity index (χ1v) is 8.58. The van der Waals surface area contributed by atoms with Crippen LogP contribution in [-0.2, 0) is 0 Å². The fraction of sp³-hybridized carbons (Fsp3) is 0.429. The minimum atomic E-state index is -0.583. The Bertz CT molecular complexity index is 694. The van der Waals surface area contributed by atoms with E-state index in [1.165, 1.54) is 11.8 Å². The fourth-order valence-electron chi connectivity index (χ4n) is 2.17. The molecule has 1 aliphatic carbocycles. The summed E-state index contributed by atoms with van der Waals surface area (Å²) in [6.45, 7) is 0.346. The summed E-state index contributed by atoms with van der Waals surface area (Å²) in [5, 5.41) is 8.55. The minimum Gasteiger partial charge on any atom is -0.485 e. The number of halogens is 2. The number of ether oxygens (including phenoxy) is 2. The van der Waals surface area contributed by atoms with E-state index in [1.807, 2.05) is 24.3 Å². The first-order valence-electron chi connectivity index (χ1n) is 6.84. The molecule has 4 rings (SSSR count). The molecule has 1 aliphatic heterocycles. The van der Waals surface area contributed by atoms with Crippen LogP contribution in [-0.4, -0.2) is 26.9 Å². The van der Waals surface area contributed by atoms with E-state index in [-0.39, 0.29) is 5.92 Å². The van der Waals surface area contributed by atoms with Crippen molar-refractivity contribution in [3.05, 3.63) is 30.2 Å². The van der Waals surface area contributed by atoms with E-state index < -0.39 is 10.4 Å². The normalized spacial score (nSPS) is 25.0. The van der Waals surface area contributed by atoms with Gasteiger partial charge in [-0.25, -0.2) is 0 Å². The Labute approximate surface area is 141 Å². The molecular formula is C14H12Cl2N2O3S. The monoisotopic (exact) mass is 358 g/mol. The second kappa shape index (κ2) is 5.51. The third-order valence-corrected chi connectivity index (χ3v) is 5.48. The van der Waals surface area contributed by atoms with E-state index >= 15 is 0 Å². The van der Waals surface area contributed by atoms with Crippen molar-refractivity contribution in [1.82, 2.24) is 10.2 Å². The van der Waals surface area contributed by atoms with Crippen LogP contribution >= 0.6 is 35.0 Å². The summed E-state index contributed by atoms with van der Waals surface area (Å²) in [7, 11) is 0. The van der Waals surface area contributed by atoms with Crippen molar-refractivity contribution in [2.24, 2.45) is 5.92 Å². The zero-order valence-electron chi connectivity index (χ0n) is 11.4. The van der Waals surface area contributed by atoms with Gasteiger partial charge in [0.05, 0.1) is 0 Å². The van der Waals surface area contributed by atoms with Crippen LogP contribution in [0.5, 0.6) is 11.5 Å². The average molecular weight is 359 g/mol. The number of hydrogen-bond acceptors (Lipinski definition) is 6. The Morgan fingerprint density at radius 3 is 2.77 bits per heavy atom. The average Bonchev–Trinajstić information content (AvgIpc) is 2.94. The SMILES string of the molecule is ClC1(Cl)C[C@@H]1CSc1nnc([C@@H]2COc3ccccc3O2)o1. The molecule has 1 saturated carbocycles. The number of aromatic nitrogens is 2. The molecule has 0 amide bonds. The van der Waals surface area contributed by atoms with Crippen molar-refractivity contribution in [3.63, 3.8) is 0 Å². The number of para-hydroxylation sites is 2. The van der Waals surface area contributed by atoms with Gasteiger partial charge in [-0.1, -0.05) is 23.9 Å². The van der Waals surface area contributed by atoms with Gasteiger partial charge in [0, 0.05) is 11.7 Å². The molecule has 1 aromatic carbocycles. The summed E-state index contributed by atoms with van der Waals surface area (Å²) in [6.07, 6.45) is 0.415. The molecule has 1 aromatic heterocycles. The van der Waals surface area contributed by atoms with Crippen molar-refractivity contribution in [2.75, 3.05) is 12.4 Å². The van der Waals surface area contributed by atoms with E-state index in [0.717, 1.165) is 17.9 Å². The minimum absolute atomic E-state index is 0.275. The number of fused-ring (bicyclic) bond motifs is 1. The maximum atomic E-state index is 6.00. The number of thioether (sulfide) groups is 1. The summed E-state index contributed by atoms with van der Waals surface area (Å²) in [6, 6.07) is 7.50. The molecule has 8 heteroatoms. The van der Waals surface area contributed by atoms with Gasteiger partial charge in [-0.05, 0) is 18.6 Å². The van der Waals surface area contributed by atoms with Crippen LogP contribution in [0.1, 0.15) is 18.4 Å². The molecular weight excluding hydrogens is 347 g/mol. The van der Waals surface area contributed by atoms with Crippen molar-refractivity contribution in [3.8, 4) is 11.5 Å². The third kappa shape index (κ3) is 2.87. The summed E-state index contributed by atoms with van der Waals surface area (Å²) >= 11 is 13.5. The van der Waals surface area contributed by atoms with Crippen LogP contribution in [0, 0.1) is 5.92 Å². The number of benzene rings is 1. The molecule has 2 heterocycles. The summed E-state index contributed by atoms with van der Waals surface area (Å²) in [5.41, 5.74) is 0. The van der Waals surface area contributed by atoms with E-state index in [0.29, 0.717) is 23.5 Å². The summed E-state index contributed by atoms with van der Waals surface area (Å²) in [4.78, 5) is 0. The molecule has 116 valence electrons. The quantitative estimate of drug-likeness (QED) is 0.610. The molecule has 0 unspecified atom stereocenters.